The van der Waals surface area contributed by atoms with E-state index < -0.39 is 5.54 Å². The number of hydrogen-bond donors (Lipinski definition) is 3. The van der Waals surface area contributed by atoms with E-state index in [0.717, 1.165) is 27.6 Å². The van der Waals surface area contributed by atoms with Crippen molar-refractivity contribution in [2.45, 2.75) is 12.1 Å². The quantitative estimate of drug-likeness (QED) is 0.394. The Morgan fingerprint density at radius 2 is 1.86 bits per heavy atom. The first-order valence-electron chi connectivity index (χ1n) is 11.9. The van der Waals surface area contributed by atoms with E-state index in [1.165, 1.54) is 0 Å². The SMILES string of the molecule is C=C1NC(=O)[C@@](CN2Cc3ccc(OC)cc3C2=O)(c2ccc(-c3nc(N)cc4ccccc34)cc2)N1. The monoisotopic (exact) mass is 491 g/mol. The van der Waals surface area contributed by atoms with Crippen molar-refractivity contribution in [1.29, 1.82) is 0 Å². The van der Waals surface area contributed by atoms with Crippen molar-refractivity contribution < 1.29 is 14.3 Å². The molecule has 8 heteroatoms. The lowest BCUT2D eigenvalue weighted by molar-refractivity contribution is -0.124. The maximum Gasteiger partial charge on any atom is 0.257 e. The summed E-state index contributed by atoms with van der Waals surface area (Å²) in [7, 11) is 1.57. The molecule has 2 aliphatic heterocycles. The molecule has 0 saturated carbocycles. The summed E-state index contributed by atoms with van der Waals surface area (Å²) in [5.41, 5.74) is 8.71. The van der Waals surface area contributed by atoms with Crippen LogP contribution >= 0.6 is 0 Å². The minimum absolute atomic E-state index is 0.131. The van der Waals surface area contributed by atoms with Crippen LogP contribution in [0, 0.1) is 0 Å². The van der Waals surface area contributed by atoms with Gasteiger partial charge in [-0.15, -0.1) is 0 Å². The van der Waals surface area contributed by atoms with Crippen LogP contribution in [-0.4, -0.2) is 35.4 Å². The molecule has 8 nitrogen and oxygen atoms in total. The van der Waals surface area contributed by atoms with Crippen LogP contribution in [0.5, 0.6) is 5.75 Å². The largest absolute Gasteiger partial charge is 0.497 e. The lowest BCUT2D eigenvalue weighted by atomic mass is 9.88. The van der Waals surface area contributed by atoms with Crippen LogP contribution in [0.25, 0.3) is 22.0 Å². The van der Waals surface area contributed by atoms with Gasteiger partial charge in [0, 0.05) is 23.1 Å². The number of rotatable bonds is 5. The average molecular weight is 492 g/mol. The van der Waals surface area contributed by atoms with Crippen LogP contribution in [0.15, 0.2) is 85.2 Å². The number of carbonyl (C=O) groups excluding carboxylic acids is 2. The zero-order valence-electron chi connectivity index (χ0n) is 20.2. The van der Waals surface area contributed by atoms with Crippen molar-refractivity contribution in [1.82, 2.24) is 20.5 Å². The van der Waals surface area contributed by atoms with Gasteiger partial charge in [0.25, 0.3) is 11.8 Å². The highest BCUT2D eigenvalue weighted by atomic mass is 16.5. The molecular weight excluding hydrogens is 466 g/mol. The highest BCUT2D eigenvalue weighted by Crippen LogP contribution is 2.35. The Morgan fingerprint density at radius 3 is 2.59 bits per heavy atom. The number of nitrogens with one attached hydrogen (secondary N) is 2. The van der Waals surface area contributed by atoms with Crippen molar-refractivity contribution in [3.8, 4) is 17.0 Å². The molecule has 0 bridgehead atoms. The van der Waals surface area contributed by atoms with E-state index in [-0.39, 0.29) is 18.4 Å². The molecule has 4 aromatic rings. The molecular formula is C29H25N5O3. The van der Waals surface area contributed by atoms with Gasteiger partial charge in [0.2, 0.25) is 0 Å². The smallest absolute Gasteiger partial charge is 0.257 e. The maximum absolute atomic E-state index is 13.3. The molecule has 1 aromatic heterocycles. The number of pyridine rings is 1. The number of carbonyl (C=O) groups is 2. The molecule has 0 spiro atoms. The zero-order chi connectivity index (χ0) is 25.7. The third-order valence-corrected chi connectivity index (χ3v) is 7.05. The van der Waals surface area contributed by atoms with Gasteiger partial charge >= 0.3 is 0 Å². The van der Waals surface area contributed by atoms with Crippen molar-refractivity contribution in [3.63, 3.8) is 0 Å². The number of fused-ring (bicyclic) bond motifs is 2. The number of aromatic nitrogens is 1. The molecule has 0 aliphatic carbocycles. The van der Waals surface area contributed by atoms with Crippen LogP contribution in [-0.2, 0) is 16.9 Å². The lowest BCUT2D eigenvalue weighted by Gasteiger charge is -2.32. The van der Waals surface area contributed by atoms with E-state index in [4.69, 9.17) is 10.5 Å². The standard InChI is InChI=1S/C29H25N5O3/c1-17-31-28(36)29(33-17,16-34-15-20-9-12-22(37-2)14-24(20)27(34)35)21-10-7-18(8-11-21)26-23-6-4-3-5-19(23)13-25(30)32-26/h3-14,33H,1,15-16H2,2H3,(H2,30,32)(H,31,36)/t29-/m1/s1. The second-order valence-electron chi connectivity index (χ2n) is 9.34. The fourth-order valence-electron chi connectivity index (χ4n) is 5.23. The van der Waals surface area contributed by atoms with Gasteiger partial charge in [-0.2, -0.15) is 0 Å². The van der Waals surface area contributed by atoms with Gasteiger partial charge in [-0.3, -0.25) is 9.59 Å². The Hall–Kier alpha value is -4.85. The summed E-state index contributed by atoms with van der Waals surface area (Å²) in [5, 5.41) is 7.99. The van der Waals surface area contributed by atoms with Crippen LogP contribution in [0.3, 0.4) is 0 Å². The highest BCUT2D eigenvalue weighted by Gasteiger charge is 2.48. The topological polar surface area (TPSA) is 110 Å². The van der Waals surface area contributed by atoms with Gasteiger partial charge < -0.3 is 26.0 Å². The second-order valence-corrected chi connectivity index (χ2v) is 9.34. The Labute approximate surface area is 213 Å². The van der Waals surface area contributed by atoms with Crippen molar-refractivity contribution in [2.75, 3.05) is 19.4 Å². The number of methoxy groups -OCH3 is 1. The molecule has 2 aliphatic rings. The maximum atomic E-state index is 13.3. The molecule has 0 unspecified atom stereocenters. The van der Waals surface area contributed by atoms with E-state index in [0.29, 0.717) is 35.1 Å². The highest BCUT2D eigenvalue weighted by molar-refractivity contribution is 6.00. The van der Waals surface area contributed by atoms with Gasteiger partial charge in [0.15, 0.2) is 5.54 Å². The van der Waals surface area contributed by atoms with Crippen LogP contribution in [0.4, 0.5) is 5.82 Å². The number of benzene rings is 3. The van der Waals surface area contributed by atoms with E-state index >= 15 is 0 Å². The fraction of sp³-hybridized carbons (Fsp3) is 0.138. The summed E-state index contributed by atoms with van der Waals surface area (Å²) in [6.45, 7) is 4.44. The number of amides is 2. The van der Waals surface area contributed by atoms with Gasteiger partial charge in [-0.05, 0) is 34.7 Å². The average Bonchev–Trinajstić information content (AvgIpc) is 3.37. The number of nitrogens with two attached hydrogens (primary N) is 1. The van der Waals surface area contributed by atoms with Crippen molar-refractivity contribution in [3.05, 3.63) is 102 Å². The third-order valence-electron chi connectivity index (χ3n) is 7.05. The summed E-state index contributed by atoms with van der Waals surface area (Å²) < 4.78 is 5.29. The van der Waals surface area contributed by atoms with Crippen molar-refractivity contribution >= 4 is 28.4 Å². The first-order valence-corrected chi connectivity index (χ1v) is 11.9. The number of nitrogen functional groups attached to an aromatic ring is 1. The molecule has 6 rings (SSSR count). The number of anilines is 1. The van der Waals surface area contributed by atoms with Crippen molar-refractivity contribution in [2.24, 2.45) is 0 Å². The van der Waals surface area contributed by atoms with Gasteiger partial charge in [-0.25, -0.2) is 4.98 Å². The van der Waals surface area contributed by atoms with Gasteiger partial charge in [-0.1, -0.05) is 61.2 Å². The Balaban J connectivity index is 1.37. The first kappa shape index (κ1) is 22.6. The first-order chi connectivity index (χ1) is 17.9. The van der Waals surface area contributed by atoms with E-state index in [9.17, 15) is 9.59 Å². The molecule has 1 saturated heterocycles. The predicted molar refractivity (Wildman–Crippen MR) is 141 cm³/mol. The third kappa shape index (κ3) is 3.65. The van der Waals surface area contributed by atoms with E-state index in [2.05, 4.69) is 22.2 Å². The summed E-state index contributed by atoms with van der Waals surface area (Å²) in [5.74, 6) is 1.04. The molecule has 3 aromatic carbocycles. The Morgan fingerprint density at radius 1 is 1.08 bits per heavy atom. The second kappa shape index (κ2) is 8.37. The molecule has 1 atom stereocenters. The summed E-state index contributed by atoms with van der Waals surface area (Å²) in [6, 6.07) is 22.9. The molecule has 1 fully saturated rings. The molecule has 0 radical (unpaired) electrons. The minimum atomic E-state index is -1.19. The molecule has 184 valence electrons. The fourth-order valence-corrected chi connectivity index (χ4v) is 5.23. The van der Waals surface area contributed by atoms with Crippen LogP contribution < -0.4 is 21.1 Å². The van der Waals surface area contributed by atoms with Gasteiger partial charge in [0.05, 0.1) is 25.2 Å². The summed E-state index contributed by atoms with van der Waals surface area (Å²) in [4.78, 5) is 32.9. The molecule has 4 N–H and O–H groups in total. The Bertz CT molecular complexity index is 1600. The van der Waals surface area contributed by atoms with E-state index in [1.54, 1.807) is 18.1 Å². The zero-order valence-corrected chi connectivity index (χ0v) is 20.2. The number of hydrogen-bond acceptors (Lipinski definition) is 6. The minimum Gasteiger partial charge on any atom is -0.497 e. The van der Waals surface area contributed by atoms with Crippen LogP contribution in [0.2, 0.25) is 0 Å². The number of nitrogens with zero attached hydrogens (tertiary/aromatic N) is 2. The summed E-state index contributed by atoms with van der Waals surface area (Å²) in [6.07, 6.45) is 0. The molecule has 3 heterocycles. The lowest BCUT2D eigenvalue weighted by Crippen LogP contribution is -2.52. The van der Waals surface area contributed by atoms with Gasteiger partial charge in [0.1, 0.15) is 11.6 Å². The molecule has 2 amide bonds. The number of ether oxygens (including phenoxy) is 1. The molecule has 37 heavy (non-hydrogen) atoms. The predicted octanol–water partition coefficient (Wildman–Crippen LogP) is 3.53. The van der Waals surface area contributed by atoms with E-state index in [1.807, 2.05) is 66.7 Å². The van der Waals surface area contributed by atoms with Crippen LogP contribution in [0.1, 0.15) is 21.5 Å². The Kier molecular flexibility index (Phi) is 5.12. The normalized spacial score (nSPS) is 18.6. The summed E-state index contributed by atoms with van der Waals surface area (Å²) >= 11 is 0.